The van der Waals surface area contributed by atoms with Crippen LogP contribution in [0, 0.1) is 0 Å². The Kier molecular flexibility index (Phi) is 6.32. The fraction of sp³-hybridized carbons (Fsp3) is 0.571. The van der Waals surface area contributed by atoms with Gasteiger partial charge in [0.1, 0.15) is 0 Å². The number of likely N-dealkylation sites (N-methyl/N-ethyl adjacent to an activating group) is 1. The molecular weight excluding hydrogens is 253 g/mol. The van der Waals surface area contributed by atoms with Crippen LogP contribution in [0.25, 0.3) is 0 Å². The highest BCUT2D eigenvalue weighted by atomic mass is 35.5. The smallest absolute Gasteiger partial charge is 0.0456 e. The summed E-state index contributed by atoms with van der Waals surface area (Å²) >= 11 is 12.2. The van der Waals surface area contributed by atoms with E-state index in [2.05, 4.69) is 26.1 Å². The van der Waals surface area contributed by atoms with E-state index in [9.17, 15) is 0 Å². The van der Waals surface area contributed by atoms with Crippen LogP contribution in [0.1, 0.15) is 45.1 Å². The van der Waals surface area contributed by atoms with Crippen molar-refractivity contribution in [3.05, 3.63) is 33.8 Å². The van der Waals surface area contributed by atoms with Crippen molar-refractivity contribution < 1.29 is 0 Å². The molecule has 17 heavy (non-hydrogen) atoms. The maximum atomic E-state index is 6.26. The van der Waals surface area contributed by atoms with E-state index in [1.165, 1.54) is 12.0 Å². The van der Waals surface area contributed by atoms with Crippen LogP contribution in [0.3, 0.4) is 0 Å². The van der Waals surface area contributed by atoms with Gasteiger partial charge in [-0.2, -0.15) is 0 Å². The number of hydrogen-bond acceptors (Lipinski definition) is 1. The molecule has 0 radical (unpaired) electrons. The van der Waals surface area contributed by atoms with Gasteiger partial charge in [-0.1, -0.05) is 56.5 Å². The molecule has 0 aliphatic rings. The highest BCUT2D eigenvalue weighted by Gasteiger charge is 2.19. The molecule has 1 rings (SSSR count). The first kappa shape index (κ1) is 14.8. The molecule has 2 unspecified atom stereocenters. The molecule has 96 valence electrons. The number of nitrogens with one attached hydrogen (secondary N) is 1. The van der Waals surface area contributed by atoms with Crippen molar-refractivity contribution in [3.8, 4) is 0 Å². The molecule has 0 spiro atoms. The zero-order chi connectivity index (χ0) is 12.8. The summed E-state index contributed by atoms with van der Waals surface area (Å²) in [4.78, 5) is 0. The second-order valence-electron chi connectivity index (χ2n) is 4.41. The van der Waals surface area contributed by atoms with Crippen molar-refractivity contribution in [3.63, 3.8) is 0 Å². The van der Waals surface area contributed by atoms with Gasteiger partial charge in [-0.15, -0.1) is 0 Å². The predicted molar refractivity (Wildman–Crippen MR) is 77.2 cm³/mol. The summed E-state index contributed by atoms with van der Waals surface area (Å²) in [5, 5.41) is 5.00. The van der Waals surface area contributed by atoms with Crippen molar-refractivity contribution >= 4 is 23.2 Å². The van der Waals surface area contributed by atoms with E-state index in [0.29, 0.717) is 17.0 Å². The molecule has 0 saturated carbocycles. The lowest BCUT2D eigenvalue weighted by molar-refractivity contribution is 0.430. The fourth-order valence-corrected chi connectivity index (χ4v) is 2.77. The first-order valence-electron chi connectivity index (χ1n) is 6.28. The molecule has 1 aromatic rings. The molecule has 0 amide bonds. The molecule has 0 aliphatic heterocycles. The Morgan fingerprint density at radius 1 is 1.24 bits per heavy atom. The molecule has 0 heterocycles. The Morgan fingerprint density at radius 2 is 1.94 bits per heavy atom. The van der Waals surface area contributed by atoms with E-state index >= 15 is 0 Å². The molecule has 1 N–H and O–H groups in total. The average molecular weight is 274 g/mol. The van der Waals surface area contributed by atoms with Gasteiger partial charge >= 0.3 is 0 Å². The first-order chi connectivity index (χ1) is 8.10. The van der Waals surface area contributed by atoms with Gasteiger partial charge in [-0.3, -0.25) is 0 Å². The zero-order valence-corrected chi connectivity index (χ0v) is 12.3. The quantitative estimate of drug-likeness (QED) is 0.780. The number of benzene rings is 1. The van der Waals surface area contributed by atoms with E-state index in [1.807, 2.05) is 18.2 Å². The third-order valence-electron chi connectivity index (χ3n) is 3.12. The van der Waals surface area contributed by atoms with Crippen molar-refractivity contribution in [2.45, 2.75) is 45.6 Å². The Hall–Kier alpha value is -0.240. The van der Waals surface area contributed by atoms with E-state index in [4.69, 9.17) is 23.2 Å². The monoisotopic (exact) mass is 273 g/mol. The molecular formula is C14H21Cl2N. The van der Waals surface area contributed by atoms with Crippen LogP contribution in [0.4, 0.5) is 0 Å². The highest BCUT2D eigenvalue weighted by Crippen LogP contribution is 2.30. The fourth-order valence-electron chi connectivity index (χ4n) is 2.19. The minimum atomic E-state index is 0.402. The summed E-state index contributed by atoms with van der Waals surface area (Å²) in [6, 6.07) is 6.25. The van der Waals surface area contributed by atoms with Gasteiger partial charge < -0.3 is 5.32 Å². The molecule has 1 aromatic carbocycles. The maximum Gasteiger partial charge on any atom is 0.0456 e. The van der Waals surface area contributed by atoms with Crippen LogP contribution in [-0.2, 0) is 0 Å². The van der Waals surface area contributed by atoms with Gasteiger partial charge in [0.25, 0.3) is 0 Å². The van der Waals surface area contributed by atoms with Gasteiger partial charge in [0, 0.05) is 16.1 Å². The molecule has 2 atom stereocenters. The van der Waals surface area contributed by atoms with E-state index in [1.54, 1.807) is 0 Å². The topological polar surface area (TPSA) is 12.0 Å². The van der Waals surface area contributed by atoms with Gasteiger partial charge in [0.2, 0.25) is 0 Å². The summed E-state index contributed by atoms with van der Waals surface area (Å²) in [6.45, 7) is 7.55. The van der Waals surface area contributed by atoms with E-state index in [0.717, 1.165) is 18.0 Å². The van der Waals surface area contributed by atoms with Crippen LogP contribution < -0.4 is 5.32 Å². The largest absolute Gasteiger partial charge is 0.314 e. The lowest BCUT2D eigenvalue weighted by atomic mass is 9.90. The van der Waals surface area contributed by atoms with Crippen molar-refractivity contribution in [1.29, 1.82) is 0 Å². The van der Waals surface area contributed by atoms with Crippen LogP contribution >= 0.6 is 23.2 Å². The number of hydrogen-bond donors (Lipinski definition) is 1. The number of rotatable bonds is 6. The second-order valence-corrected chi connectivity index (χ2v) is 5.25. The lowest BCUT2D eigenvalue weighted by Crippen LogP contribution is -2.33. The van der Waals surface area contributed by atoms with Crippen LogP contribution in [0.15, 0.2) is 18.2 Å². The standard InChI is InChI=1S/C14H21Cl2N/c1-4-6-14(17-5-2)10(3)12-8-7-11(15)9-13(12)16/h7-10,14,17H,4-6H2,1-3H3. The van der Waals surface area contributed by atoms with E-state index < -0.39 is 0 Å². The van der Waals surface area contributed by atoms with Gasteiger partial charge in [0.05, 0.1) is 0 Å². The molecule has 0 saturated heterocycles. The molecule has 0 fully saturated rings. The Bertz CT molecular complexity index is 346. The van der Waals surface area contributed by atoms with Crippen molar-refractivity contribution in [1.82, 2.24) is 5.32 Å². The highest BCUT2D eigenvalue weighted by molar-refractivity contribution is 6.35. The predicted octanol–water partition coefficient (Wildman–Crippen LogP) is 4.88. The Balaban J connectivity index is 2.88. The van der Waals surface area contributed by atoms with Crippen molar-refractivity contribution in [2.75, 3.05) is 6.54 Å². The summed E-state index contributed by atoms with van der Waals surface area (Å²) in [5.74, 6) is 0.402. The van der Waals surface area contributed by atoms with E-state index in [-0.39, 0.29) is 0 Å². The third kappa shape index (κ3) is 4.17. The summed E-state index contributed by atoms with van der Waals surface area (Å²) in [5.41, 5.74) is 1.18. The minimum absolute atomic E-state index is 0.402. The van der Waals surface area contributed by atoms with Gasteiger partial charge in [-0.05, 0) is 36.6 Å². The van der Waals surface area contributed by atoms with Gasteiger partial charge in [-0.25, -0.2) is 0 Å². The minimum Gasteiger partial charge on any atom is -0.314 e. The maximum absolute atomic E-state index is 6.26. The summed E-state index contributed by atoms with van der Waals surface area (Å²) in [7, 11) is 0. The lowest BCUT2D eigenvalue weighted by Gasteiger charge is -2.25. The van der Waals surface area contributed by atoms with Gasteiger partial charge in [0.15, 0.2) is 0 Å². The Labute approximate surface area is 115 Å². The van der Waals surface area contributed by atoms with Crippen LogP contribution in [-0.4, -0.2) is 12.6 Å². The third-order valence-corrected chi connectivity index (χ3v) is 3.69. The molecule has 0 aliphatic carbocycles. The normalized spacial score (nSPS) is 14.6. The average Bonchev–Trinajstić information content (AvgIpc) is 2.28. The molecule has 1 nitrogen and oxygen atoms in total. The summed E-state index contributed by atoms with van der Waals surface area (Å²) < 4.78 is 0. The molecule has 0 aromatic heterocycles. The first-order valence-corrected chi connectivity index (χ1v) is 7.04. The Morgan fingerprint density at radius 3 is 2.47 bits per heavy atom. The van der Waals surface area contributed by atoms with Crippen LogP contribution in [0.5, 0.6) is 0 Å². The number of halogens is 2. The van der Waals surface area contributed by atoms with Crippen LogP contribution in [0.2, 0.25) is 10.0 Å². The zero-order valence-electron chi connectivity index (χ0n) is 10.8. The SMILES string of the molecule is CCCC(NCC)C(C)c1ccc(Cl)cc1Cl. The summed E-state index contributed by atoms with van der Waals surface area (Å²) in [6.07, 6.45) is 2.33. The molecule has 3 heteroatoms. The molecule has 0 bridgehead atoms. The van der Waals surface area contributed by atoms with Crippen molar-refractivity contribution in [2.24, 2.45) is 0 Å². The second kappa shape index (κ2) is 7.25.